The molecule has 1 N–H and O–H groups in total. The molecule has 0 aliphatic carbocycles. The van der Waals surface area contributed by atoms with E-state index in [0.717, 1.165) is 32.5 Å². The van der Waals surface area contributed by atoms with Gasteiger partial charge >= 0.3 is 0 Å². The monoisotopic (exact) mass is 308 g/mol. The van der Waals surface area contributed by atoms with Gasteiger partial charge in [0.15, 0.2) is 0 Å². The van der Waals surface area contributed by atoms with Crippen molar-refractivity contribution in [3.8, 4) is 0 Å². The van der Waals surface area contributed by atoms with Gasteiger partial charge in [-0.15, -0.1) is 11.3 Å². The van der Waals surface area contributed by atoms with E-state index in [1.165, 1.54) is 24.3 Å². The highest BCUT2D eigenvalue weighted by molar-refractivity contribution is 7.09. The molecule has 2 atom stereocenters. The minimum atomic E-state index is 0.154. The number of thiophene rings is 1. The third-order valence-electron chi connectivity index (χ3n) is 4.30. The van der Waals surface area contributed by atoms with Gasteiger partial charge in [-0.1, -0.05) is 26.3 Å². The average Bonchev–Trinajstić information content (AvgIpc) is 2.98. The first kappa shape index (κ1) is 16.5. The maximum absolute atomic E-state index is 12.0. The number of carbonyl (C=O) groups excluding carboxylic acids is 1. The molecule has 1 saturated heterocycles. The first-order valence-electron chi connectivity index (χ1n) is 8.21. The van der Waals surface area contributed by atoms with Gasteiger partial charge in [0.25, 0.3) is 0 Å². The van der Waals surface area contributed by atoms with Gasteiger partial charge in [0, 0.05) is 30.4 Å². The molecule has 0 radical (unpaired) electrons. The Labute approximate surface area is 132 Å². The lowest BCUT2D eigenvalue weighted by molar-refractivity contribution is -0.125. The zero-order chi connectivity index (χ0) is 15.1. The Morgan fingerprint density at radius 3 is 3.14 bits per heavy atom. The summed E-state index contributed by atoms with van der Waals surface area (Å²) in [5.41, 5.74) is 0. The van der Waals surface area contributed by atoms with E-state index >= 15 is 0 Å². The number of likely N-dealkylation sites (tertiary alicyclic amines) is 1. The van der Waals surface area contributed by atoms with E-state index in [4.69, 9.17) is 0 Å². The topological polar surface area (TPSA) is 32.3 Å². The standard InChI is InChI=1S/C17H28N2OS/c1-3-6-14(2)17(20)18-11-15-7-4-9-19(12-15)13-16-8-5-10-21-16/h5,8,10,14-15H,3-4,6-7,9,11-13H2,1-2H3,(H,18,20). The smallest absolute Gasteiger partial charge is 0.222 e. The average molecular weight is 308 g/mol. The molecule has 4 heteroatoms. The first-order chi connectivity index (χ1) is 10.2. The van der Waals surface area contributed by atoms with Crippen molar-refractivity contribution < 1.29 is 4.79 Å². The van der Waals surface area contributed by atoms with Crippen LogP contribution in [0.4, 0.5) is 0 Å². The molecule has 1 amide bonds. The number of hydrogen-bond donors (Lipinski definition) is 1. The van der Waals surface area contributed by atoms with E-state index in [9.17, 15) is 4.79 Å². The molecule has 1 aliphatic heterocycles. The molecule has 1 aromatic heterocycles. The van der Waals surface area contributed by atoms with Crippen LogP contribution in [0.1, 0.15) is 44.4 Å². The highest BCUT2D eigenvalue weighted by Crippen LogP contribution is 2.20. The lowest BCUT2D eigenvalue weighted by Crippen LogP contribution is -2.41. The molecule has 2 unspecified atom stereocenters. The summed E-state index contributed by atoms with van der Waals surface area (Å²) < 4.78 is 0. The van der Waals surface area contributed by atoms with Crippen LogP contribution >= 0.6 is 11.3 Å². The van der Waals surface area contributed by atoms with Crippen LogP contribution in [-0.4, -0.2) is 30.4 Å². The normalized spacial score (nSPS) is 21.1. The predicted molar refractivity (Wildman–Crippen MR) is 89.4 cm³/mol. The summed E-state index contributed by atoms with van der Waals surface area (Å²) >= 11 is 1.83. The Morgan fingerprint density at radius 2 is 2.43 bits per heavy atom. The Hall–Kier alpha value is -0.870. The fourth-order valence-corrected chi connectivity index (χ4v) is 3.81. The highest BCUT2D eigenvalue weighted by Gasteiger charge is 2.21. The second-order valence-corrected chi connectivity index (χ2v) is 7.29. The lowest BCUT2D eigenvalue weighted by atomic mass is 9.97. The molecule has 0 saturated carbocycles. The quantitative estimate of drug-likeness (QED) is 0.836. The number of rotatable bonds is 7. The van der Waals surface area contributed by atoms with Crippen LogP contribution in [-0.2, 0) is 11.3 Å². The van der Waals surface area contributed by atoms with Crippen LogP contribution in [0, 0.1) is 11.8 Å². The van der Waals surface area contributed by atoms with Gasteiger partial charge in [0.2, 0.25) is 5.91 Å². The maximum Gasteiger partial charge on any atom is 0.222 e. The number of nitrogens with one attached hydrogen (secondary N) is 1. The summed E-state index contributed by atoms with van der Waals surface area (Å²) in [4.78, 5) is 16.0. The number of nitrogens with zero attached hydrogens (tertiary/aromatic N) is 1. The second-order valence-electron chi connectivity index (χ2n) is 6.26. The minimum absolute atomic E-state index is 0.154. The number of piperidine rings is 1. The zero-order valence-electron chi connectivity index (χ0n) is 13.3. The summed E-state index contributed by atoms with van der Waals surface area (Å²) in [6.45, 7) is 8.37. The van der Waals surface area contributed by atoms with Crippen molar-refractivity contribution in [3.05, 3.63) is 22.4 Å². The Balaban J connectivity index is 1.72. The fraction of sp³-hybridized carbons (Fsp3) is 0.706. The number of hydrogen-bond acceptors (Lipinski definition) is 3. The van der Waals surface area contributed by atoms with Gasteiger partial charge in [-0.2, -0.15) is 0 Å². The zero-order valence-corrected chi connectivity index (χ0v) is 14.1. The van der Waals surface area contributed by atoms with Gasteiger partial charge in [-0.25, -0.2) is 0 Å². The van der Waals surface area contributed by atoms with Crippen LogP contribution < -0.4 is 5.32 Å². The van der Waals surface area contributed by atoms with Crippen LogP contribution in [0.25, 0.3) is 0 Å². The van der Waals surface area contributed by atoms with Crippen LogP contribution in [0.2, 0.25) is 0 Å². The molecular weight excluding hydrogens is 280 g/mol. The summed E-state index contributed by atoms with van der Waals surface area (Å²) in [5.74, 6) is 0.990. The molecule has 0 bridgehead atoms. The third-order valence-corrected chi connectivity index (χ3v) is 5.16. The molecule has 3 nitrogen and oxygen atoms in total. The van der Waals surface area contributed by atoms with Gasteiger partial charge < -0.3 is 5.32 Å². The predicted octanol–water partition coefficient (Wildman–Crippen LogP) is 3.51. The van der Waals surface area contributed by atoms with Crippen LogP contribution in [0.3, 0.4) is 0 Å². The largest absolute Gasteiger partial charge is 0.356 e. The molecule has 2 rings (SSSR count). The van der Waals surface area contributed by atoms with Gasteiger partial charge in [-0.05, 0) is 43.2 Å². The third kappa shape index (κ3) is 5.44. The van der Waals surface area contributed by atoms with Gasteiger partial charge in [0.1, 0.15) is 0 Å². The van der Waals surface area contributed by atoms with Crippen LogP contribution in [0.5, 0.6) is 0 Å². The van der Waals surface area contributed by atoms with Crippen LogP contribution in [0.15, 0.2) is 17.5 Å². The molecule has 21 heavy (non-hydrogen) atoms. The van der Waals surface area contributed by atoms with Gasteiger partial charge in [-0.3, -0.25) is 9.69 Å². The fourth-order valence-electron chi connectivity index (χ4n) is 3.07. The molecule has 1 aliphatic rings. The first-order valence-corrected chi connectivity index (χ1v) is 9.09. The Morgan fingerprint density at radius 1 is 1.57 bits per heavy atom. The molecule has 118 valence electrons. The summed E-state index contributed by atoms with van der Waals surface area (Å²) in [5, 5.41) is 5.30. The van der Waals surface area contributed by atoms with Crippen molar-refractivity contribution >= 4 is 17.2 Å². The highest BCUT2D eigenvalue weighted by atomic mass is 32.1. The molecule has 1 fully saturated rings. The van der Waals surface area contributed by atoms with E-state index in [0.29, 0.717) is 5.92 Å². The molecule has 0 aromatic carbocycles. The van der Waals surface area contributed by atoms with E-state index in [2.05, 4.69) is 34.7 Å². The molecule has 1 aromatic rings. The van der Waals surface area contributed by atoms with E-state index in [1.54, 1.807) is 0 Å². The summed E-state index contributed by atoms with van der Waals surface area (Å²) in [7, 11) is 0. The van der Waals surface area contributed by atoms with E-state index in [-0.39, 0.29) is 11.8 Å². The van der Waals surface area contributed by atoms with Crippen molar-refractivity contribution in [1.82, 2.24) is 10.2 Å². The number of amides is 1. The number of carbonyl (C=O) groups is 1. The summed E-state index contributed by atoms with van der Waals surface area (Å²) in [6, 6.07) is 4.33. The maximum atomic E-state index is 12.0. The molecular formula is C17H28N2OS. The van der Waals surface area contributed by atoms with E-state index in [1.807, 2.05) is 18.3 Å². The van der Waals surface area contributed by atoms with Crippen molar-refractivity contribution in [1.29, 1.82) is 0 Å². The Kier molecular flexibility index (Phi) is 6.71. The van der Waals surface area contributed by atoms with Crippen molar-refractivity contribution in [3.63, 3.8) is 0 Å². The van der Waals surface area contributed by atoms with Crippen molar-refractivity contribution in [2.24, 2.45) is 11.8 Å². The van der Waals surface area contributed by atoms with Gasteiger partial charge in [0.05, 0.1) is 0 Å². The SMILES string of the molecule is CCCC(C)C(=O)NCC1CCCN(Cc2cccs2)C1. The minimum Gasteiger partial charge on any atom is -0.356 e. The lowest BCUT2D eigenvalue weighted by Gasteiger charge is -2.32. The molecule has 0 spiro atoms. The Bertz CT molecular complexity index is 418. The second kappa shape index (κ2) is 8.54. The molecule has 2 heterocycles. The van der Waals surface area contributed by atoms with Crippen molar-refractivity contribution in [2.45, 2.75) is 46.1 Å². The summed E-state index contributed by atoms with van der Waals surface area (Å²) in [6.07, 6.45) is 4.55. The van der Waals surface area contributed by atoms with E-state index < -0.39 is 0 Å². The van der Waals surface area contributed by atoms with Crippen molar-refractivity contribution in [2.75, 3.05) is 19.6 Å².